The number of aryl methyl sites for hydroxylation is 1. The summed E-state index contributed by atoms with van der Waals surface area (Å²) in [4.78, 5) is 17.0. The molecular weight excluding hydrogens is 356 g/mol. The number of carbonyl (C=O) groups is 1. The van der Waals surface area contributed by atoms with Crippen LogP contribution in [0.4, 0.5) is 0 Å². The van der Waals surface area contributed by atoms with Crippen LogP contribution in [-0.2, 0) is 6.42 Å². The van der Waals surface area contributed by atoms with Crippen LogP contribution in [0.25, 0.3) is 11.5 Å². The van der Waals surface area contributed by atoms with Crippen molar-refractivity contribution in [3.05, 3.63) is 65.5 Å². The van der Waals surface area contributed by atoms with Crippen molar-refractivity contribution in [3.63, 3.8) is 0 Å². The number of rotatable bonds is 8. The van der Waals surface area contributed by atoms with E-state index in [0.717, 1.165) is 17.0 Å². The summed E-state index contributed by atoms with van der Waals surface area (Å²) in [6.45, 7) is 4.72. The molecule has 0 saturated heterocycles. The number of aromatic nitrogens is 1. The minimum absolute atomic E-state index is 0.173. The zero-order valence-corrected chi connectivity index (χ0v) is 16.3. The smallest absolute Gasteiger partial charge is 0.251 e. The molecule has 1 aromatic heterocycles. The highest BCUT2D eigenvalue weighted by Gasteiger charge is 2.13. The van der Waals surface area contributed by atoms with Crippen LogP contribution < -0.4 is 14.8 Å². The molecule has 0 aliphatic heterocycles. The highest BCUT2D eigenvalue weighted by molar-refractivity contribution is 5.94. The van der Waals surface area contributed by atoms with Crippen molar-refractivity contribution < 1.29 is 18.7 Å². The Bertz CT molecular complexity index is 935. The molecule has 3 rings (SSSR count). The van der Waals surface area contributed by atoms with E-state index in [1.807, 2.05) is 44.2 Å². The summed E-state index contributed by atoms with van der Waals surface area (Å²) >= 11 is 0. The number of amides is 1. The van der Waals surface area contributed by atoms with E-state index in [1.165, 1.54) is 0 Å². The van der Waals surface area contributed by atoms with E-state index < -0.39 is 0 Å². The fraction of sp³-hybridized carbons (Fsp3) is 0.273. The van der Waals surface area contributed by atoms with Gasteiger partial charge in [-0.3, -0.25) is 4.79 Å². The van der Waals surface area contributed by atoms with E-state index in [-0.39, 0.29) is 5.91 Å². The molecule has 0 unspecified atom stereocenters. The molecule has 1 heterocycles. The first-order valence-corrected chi connectivity index (χ1v) is 9.23. The molecule has 0 atom stereocenters. The van der Waals surface area contributed by atoms with Crippen LogP contribution in [0.3, 0.4) is 0 Å². The van der Waals surface area contributed by atoms with Gasteiger partial charge in [-0.1, -0.05) is 18.2 Å². The van der Waals surface area contributed by atoms with Gasteiger partial charge in [0.15, 0.2) is 11.5 Å². The van der Waals surface area contributed by atoms with Crippen molar-refractivity contribution in [2.45, 2.75) is 20.3 Å². The van der Waals surface area contributed by atoms with Gasteiger partial charge < -0.3 is 19.2 Å². The second-order valence-electron chi connectivity index (χ2n) is 6.19. The van der Waals surface area contributed by atoms with Crippen LogP contribution in [-0.4, -0.2) is 31.2 Å². The Morgan fingerprint density at radius 1 is 1.14 bits per heavy atom. The lowest BCUT2D eigenvalue weighted by Crippen LogP contribution is -2.26. The van der Waals surface area contributed by atoms with Crippen molar-refractivity contribution >= 4 is 5.91 Å². The zero-order chi connectivity index (χ0) is 19.9. The van der Waals surface area contributed by atoms with E-state index in [4.69, 9.17) is 13.9 Å². The second kappa shape index (κ2) is 9.08. The number of hydrogen-bond acceptors (Lipinski definition) is 5. The number of benzene rings is 2. The Labute approximate surface area is 164 Å². The van der Waals surface area contributed by atoms with Gasteiger partial charge in [-0.15, -0.1) is 0 Å². The predicted molar refractivity (Wildman–Crippen MR) is 107 cm³/mol. The largest absolute Gasteiger partial charge is 0.493 e. The maximum Gasteiger partial charge on any atom is 0.251 e. The van der Waals surface area contributed by atoms with Gasteiger partial charge in [-0.05, 0) is 44.2 Å². The van der Waals surface area contributed by atoms with Crippen molar-refractivity contribution in [1.29, 1.82) is 0 Å². The van der Waals surface area contributed by atoms with Gasteiger partial charge in [0.05, 0.1) is 19.4 Å². The summed E-state index contributed by atoms with van der Waals surface area (Å²) in [5, 5.41) is 2.91. The predicted octanol–water partition coefficient (Wildman–Crippen LogP) is 4.03. The monoisotopic (exact) mass is 380 g/mol. The molecule has 6 nitrogen and oxygen atoms in total. The summed E-state index contributed by atoms with van der Waals surface area (Å²) in [7, 11) is 1.57. The van der Waals surface area contributed by atoms with Crippen LogP contribution >= 0.6 is 0 Å². The van der Waals surface area contributed by atoms with E-state index in [0.29, 0.717) is 42.5 Å². The van der Waals surface area contributed by atoms with Crippen LogP contribution in [0.1, 0.15) is 28.7 Å². The molecule has 2 aromatic carbocycles. The van der Waals surface area contributed by atoms with E-state index in [2.05, 4.69) is 10.3 Å². The summed E-state index contributed by atoms with van der Waals surface area (Å²) in [5.74, 6) is 2.34. The molecule has 146 valence electrons. The van der Waals surface area contributed by atoms with Crippen molar-refractivity contribution in [2.75, 3.05) is 20.3 Å². The summed E-state index contributed by atoms with van der Waals surface area (Å²) in [6.07, 6.45) is 0.586. The van der Waals surface area contributed by atoms with Crippen molar-refractivity contribution in [3.8, 4) is 23.0 Å². The highest BCUT2D eigenvalue weighted by atomic mass is 16.5. The van der Waals surface area contributed by atoms with Gasteiger partial charge in [0.2, 0.25) is 5.89 Å². The molecule has 0 saturated carbocycles. The number of nitrogens with one attached hydrogen (secondary N) is 1. The second-order valence-corrected chi connectivity index (χ2v) is 6.19. The van der Waals surface area contributed by atoms with Crippen LogP contribution in [0.2, 0.25) is 0 Å². The Kier molecular flexibility index (Phi) is 6.32. The molecule has 0 bridgehead atoms. The lowest BCUT2D eigenvalue weighted by Gasteiger charge is -2.11. The number of methoxy groups -OCH3 is 1. The molecule has 0 fully saturated rings. The fourth-order valence-electron chi connectivity index (χ4n) is 2.85. The van der Waals surface area contributed by atoms with E-state index in [9.17, 15) is 4.79 Å². The SMILES string of the molecule is CCOc1cc(C(=O)NCCc2nc(-c3ccccc3)oc2C)ccc1OC. The average molecular weight is 380 g/mol. The van der Waals surface area contributed by atoms with Crippen LogP contribution in [0, 0.1) is 6.92 Å². The minimum atomic E-state index is -0.173. The molecule has 3 aromatic rings. The molecule has 28 heavy (non-hydrogen) atoms. The maximum atomic E-state index is 12.5. The quantitative estimate of drug-likeness (QED) is 0.639. The molecule has 0 aliphatic rings. The van der Waals surface area contributed by atoms with Gasteiger partial charge in [-0.25, -0.2) is 4.98 Å². The van der Waals surface area contributed by atoms with E-state index in [1.54, 1.807) is 25.3 Å². The third-order valence-electron chi connectivity index (χ3n) is 4.29. The maximum absolute atomic E-state index is 12.5. The highest BCUT2D eigenvalue weighted by Crippen LogP contribution is 2.28. The number of ether oxygens (including phenoxy) is 2. The Balaban J connectivity index is 1.61. The Morgan fingerprint density at radius 2 is 1.93 bits per heavy atom. The molecule has 0 aliphatic carbocycles. The third-order valence-corrected chi connectivity index (χ3v) is 4.29. The summed E-state index contributed by atoms with van der Waals surface area (Å²) in [6, 6.07) is 14.9. The number of oxazole rings is 1. The molecule has 0 radical (unpaired) electrons. The first-order chi connectivity index (χ1) is 13.6. The number of hydrogen-bond donors (Lipinski definition) is 1. The van der Waals surface area contributed by atoms with Gasteiger partial charge in [0.25, 0.3) is 5.91 Å². The normalized spacial score (nSPS) is 10.5. The standard InChI is InChI=1S/C22H24N2O4/c1-4-27-20-14-17(10-11-19(20)26-3)21(25)23-13-12-18-15(2)28-22(24-18)16-8-6-5-7-9-16/h5-11,14H,4,12-13H2,1-3H3,(H,23,25). The minimum Gasteiger partial charge on any atom is -0.493 e. The lowest BCUT2D eigenvalue weighted by atomic mass is 10.2. The topological polar surface area (TPSA) is 73.6 Å². The first-order valence-electron chi connectivity index (χ1n) is 9.23. The Morgan fingerprint density at radius 3 is 2.64 bits per heavy atom. The average Bonchev–Trinajstić information content (AvgIpc) is 3.09. The number of carbonyl (C=O) groups excluding carboxylic acids is 1. The van der Waals surface area contributed by atoms with Gasteiger partial charge >= 0.3 is 0 Å². The van der Waals surface area contributed by atoms with Crippen molar-refractivity contribution in [2.24, 2.45) is 0 Å². The fourth-order valence-corrected chi connectivity index (χ4v) is 2.85. The molecule has 1 N–H and O–H groups in total. The lowest BCUT2D eigenvalue weighted by molar-refractivity contribution is 0.0953. The molecule has 1 amide bonds. The van der Waals surface area contributed by atoms with Gasteiger partial charge in [-0.2, -0.15) is 0 Å². The van der Waals surface area contributed by atoms with Crippen molar-refractivity contribution in [1.82, 2.24) is 10.3 Å². The number of nitrogens with zero attached hydrogens (tertiary/aromatic N) is 1. The van der Waals surface area contributed by atoms with Crippen LogP contribution in [0.5, 0.6) is 11.5 Å². The Hall–Kier alpha value is -3.28. The van der Waals surface area contributed by atoms with E-state index >= 15 is 0 Å². The van der Waals surface area contributed by atoms with Gasteiger partial charge in [0, 0.05) is 24.1 Å². The summed E-state index contributed by atoms with van der Waals surface area (Å²) in [5.41, 5.74) is 2.29. The third kappa shape index (κ3) is 4.52. The first kappa shape index (κ1) is 19.5. The molecular formula is C22H24N2O4. The molecule has 6 heteroatoms. The zero-order valence-electron chi connectivity index (χ0n) is 16.3. The van der Waals surface area contributed by atoms with Gasteiger partial charge in [0.1, 0.15) is 5.76 Å². The molecule has 0 spiro atoms. The van der Waals surface area contributed by atoms with Crippen LogP contribution in [0.15, 0.2) is 52.9 Å². The summed E-state index contributed by atoms with van der Waals surface area (Å²) < 4.78 is 16.5.